The van der Waals surface area contributed by atoms with Crippen LogP contribution < -0.4 is 15.8 Å². The van der Waals surface area contributed by atoms with Gasteiger partial charge in [-0.3, -0.25) is 4.79 Å². The molecule has 0 aliphatic heterocycles. The first kappa shape index (κ1) is 14.4. The Labute approximate surface area is 113 Å². The van der Waals surface area contributed by atoms with Gasteiger partial charge in [0, 0.05) is 12.1 Å². The SMILES string of the molecule is CCCCNC(=O)COc1ccc(C(N)=S)cc1. The predicted octanol–water partition coefficient (Wildman–Crippen LogP) is 1.62. The van der Waals surface area contributed by atoms with Crippen LogP contribution in [0.4, 0.5) is 0 Å². The molecular formula is C13H18N2O2S. The number of hydrogen-bond donors (Lipinski definition) is 2. The standard InChI is InChI=1S/C13H18N2O2S/c1-2-3-8-15-12(16)9-17-11-6-4-10(5-7-11)13(14)18/h4-7H,2-3,8-9H2,1H3,(H2,14,18)(H,15,16). The molecule has 1 rings (SSSR count). The summed E-state index contributed by atoms with van der Waals surface area (Å²) in [7, 11) is 0. The summed E-state index contributed by atoms with van der Waals surface area (Å²) in [5.41, 5.74) is 6.26. The highest BCUT2D eigenvalue weighted by atomic mass is 32.1. The minimum Gasteiger partial charge on any atom is -0.484 e. The number of hydrogen-bond acceptors (Lipinski definition) is 3. The van der Waals surface area contributed by atoms with Crippen LogP contribution in [-0.4, -0.2) is 24.0 Å². The Kier molecular flexibility index (Phi) is 6.14. The maximum atomic E-state index is 11.4. The fourth-order valence-corrected chi connectivity index (χ4v) is 1.46. The fourth-order valence-electron chi connectivity index (χ4n) is 1.32. The molecule has 0 bridgehead atoms. The topological polar surface area (TPSA) is 64.3 Å². The van der Waals surface area contributed by atoms with E-state index in [1.54, 1.807) is 24.3 Å². The molecule has 3 N–H and O–H groups in total. The lowest BCUT2D eigenvalue weighted by Gasteiger charge is -2.07. The molecule has 0 unspecified atom stereocenters. The quantitative estimate of drug-likeness (QED) is 0.581. The number of nitrogens with one attached hydrogen (secondary N) is 1. The molecule has 0 aromatic heterocycles. The molecule has 98 valence electrons. The molecule has 0 atom stereocenters. The van der Waals surface area contributed by atoms with Crippen LogP contribution in [0.2, 0.25) is 0 Å². The van der Waals surface area contributed by atoms with Crippen molar-refractivity contribution in [3.63, 3.8) is 0 Å². The molecule has 1 amide bonds. The van der Waals surface area contributed by atoms with Crippen molar-refractivity contribution in [2.24, 2.45) is 5.73 Å². The number of carbonyl (C=O) groups excluding carboxylic acids is 1. The first-order valence-electron chi connectivity index (χ1n) is 5.93. The summed E-state index contributed by atoms with van der Waals surface area (Å²) >= 11 is 4.84. The number of unbranched alkanes of at least 4 members (excludes halogenated alkanes) is 1. The van der Waals surface area contributed by atoms with E-state index in [1.165, 1.54) is 0 Å². The number of thiocarbonyl (C=S) groups is 1. The summed E-state index contributed by atoms with van der Waals surface area (Å²) in [6.07, 6.45) is 2.04. The van der Waals surface area contributed by atoms with Crippen molar-refractivity contribution in [1.82, 2.24) is 5.32 Å². The van der Waals surface area contributed by atoms with E-state index in [4.69, 9.17) is 22.7 Å². The Hall–Kier alpha value is -1.62. The van der Waals surface area contributed by atoms with Gasteiger partial charge in [0.05, 0.1) is 0 Å². The molecular weight excluding hydrogens is 248 g/mol. The zero-order valence-corrected chi connectivity index (χ0v) is 11.3. The maximum Gasteiger partial charge on any atom is 0.257 e. The van der Waals surface area contributed by atoms with Gasteiger partial charge >= 0.3 is 0 Å². The van der Waals surface area contributed by atoms with Crippen LogP contribution in [0.15, 0.2) is 24.3 Å². The lowest BCUT2D eigenvalue weighted by atomic mass is 10.2. The van der Waals surface area contributed by atoms with Crippen molar-refractivity contribution in [1.29, 1.82) is 0 Å². The number of rotatable bonds is 7. The number of ether oxygens (including phenoxy) is 1. The molecule has 0 aliphatic rings. The van der Waals surface area contributed by atoms with Gasteiger partial charge in [0.1, 0.15) is 10.7 Å². The Bertz CT molecular complexity index is 404. The molecule has 0 aliphatic carbocycles. The maximum absolute atomic E-state index is 11.4. The lowest BCUT2D eigenvalue weighted by molar-refractivity contribution is -0.123. The summed E-state index contributed by atoms with van der Waals surface area (Å²) in [6, 6.07) is 7.03. The van der Waals surface area contributed by atoms with Crippen molar-refractivity contribution < 1.29 is 9.53 Å². The third-order valence-corrected chi connectivity index (χ3v) is 2.60. The van der Waals surface area contributed by atoms with Crippen molar-refractivity contribution >= 4 is 23.1 Å². The molecule has 1 aromatic rings. The molecule has 0 fully saturated rings. The number of nitrogens with two attached hydrogens (primary N) is 1. The Morgan fingerprint density at radius 2 is 2.06 bits per heavy atom. The molecule has 0 radical (unpaired) electrons. The molecule has 0 spiro atoms. The molecule has 0 heterocycles. The smallest absolute Gasteiger partial charge is 0.257 e. The molecule has 4 nitrogen and oxygen atoms in total. The van der Waals surface area contributed by atoms with Gasteiger partial charge in [0.15, 0.2) is 6.61 Å². The Morgan fingerprint density at radius 3 is 2.61 bits per heavy atom. The van der Waals surface area contributed by atoms with E-state index in [2.05, 4.69) is 12.2 Å². The van der Waals surface area contributed by atoms with Crippen LogP contribution in [0.25, 0.3) is 0 Å². The van der Waals surface area contributed by atoms with Gasteiger partial charge in [-0.1, -0.05) is 25.6 Å². The van der Waals surface area contributed by atoms with Gasteiger partial charge in [-0.15, -0.1) is 0 Å². The van der Waals surface area contributed by atoms with E-state index in [9.17, 15) is 4.79 Å². The molecule has 18 heavy (non-hydrogen) atoms. The first-order valence-corrected chi connectivity index (χ1v) is 6.33. The molecule has 1 aromatic carbocycles. The van der Waals surface area contributed by atoms with Gasteiger partial charge in [0.2, 0.25) is 0 Å². The van der Waals surface area contributed by atoms with Gasteiger partial charge in [-0.2, -0.15) is 0 Å². The van der Waals surface area contributed by atoms with Crippen LogP contribution in [0.5, 0.6) is 5.75 Å². The number of carbonyl (C=O) groups is 1. The fraction of sp³-hybridized carbons (Fsp3) is 0.385. The highest BCUT2D eigenvalue weighted by molar-refractivity contribution is 7.80. The average molecular weight is 266 g/mol. The second-order valence-electron chi connectivity index (χ2n) is 3.88. The zero-order valence-electron chi connectivity index (χ0n) is 10.4. The minimum absolute atomic E-state index is 0.0239. The summed E-state index contributed by atoms with van der Waals surface area (Å²) < 4.78 is 5.34. The normalized spacial score (nSPS) is 9.83. The highest BCUT2D eigenvalue weighted by Gasteiger charge is 2.02. The van der Waals surface area contributed by atoms with E-state index in [0.717, 1.165) is 18.4 Å². The predicted molar refractivity (Wildman–Crippen MR) is 75.7 cm³/mol. The first-order chi connectivity index (χ1) is 8.63. The van der Waals surface area contributed by atoms with Crippen LogP contribution in [0.3, 0.4) is 0 Å². The van der Waals surface area contributed by atoms with E-state index in [0.29, 0.717) is 17.3 Å². The third-order valence-electron chi connectivity index (χ3n) is 2.36. The van der Waals surface area contributed by atoms with Gasteiger partial charge < -0.3 is 15.8 Å². The zero-order chi connectivity index (χ0) is 13.4. The van der Waals surface area contributed by atoms with Crippen molar-refractivity contribution in [3.8, 4) is 5.75 Å². The van der Waals surface area contributed by atoms with Gasteiger partial charge in [0.25, 0.3) is 5.91 Å². The van der Waals surface area contributed by atoms with Crippen LogP contribution in [0, 0.1) is 0 Å². The van der Waals surface area contributed by atoms with E-state index >= 15 is 0 Å². The van der Waals surface area contributed by atoms with E-state index in [-0.39, 0.29) is 12.5 Å². The summed E-state index contributed by atoms with van der Waals surface area (Å²) in [5.74, 6) is 0.516. The second-order valence-corrected chi connectivity index (χ2v) is 4.32. The van der Waals surface area contributed by atoms with Crippen LogP contribution >= 0.6 is 12.2 Å². The van der Waals surface area contributed by atoms with E-state index < -0.39 is 0 Å². The average Bonchev–Trinajstić information content (AvgIpc) is 2.37. The highest BCUT2D eigenvalue weighted by Crippen LogP contribution is 2.11. The Balaban J connectivity index is 2.34. The van der Waals surface area contributed by atoms with Crippen molar-refractivity contribution in [2.75, 3.05) is 13.2 Å². The molecule has 5 heteroatoms. The third kappa shape index (κ3) is 5.14. The Morgan fingerprint density at radius 1 is 1.39 bits per heavy atom. The summed E-state index contributed by atoms with van der Waals surface area (Å²) in [4.78, 5) is 11.7. The summed E-state index contributed by atoms with van der Waals surface area (Å²) in [5, 5.41) is 2.78. The van der Waals surface area contributed by atoms with Gasteiger partial charge in [-0.25, -0.2) is 0 Å². The number of benzene rings is 1. The van der Waals surface area contributed by atoms with Gasteiger partial charge in [-0.05, 0) is 30.7 Å². The van der Waals surface area contributed by atoms with Crippen molar-refractivity contribution in [3.05, 3.63) is 29.8 Å². The summed E-state index contributed by atoms with van der Waals surface area (Å²) in [6.45, 7) is 2.79. The monoisotopic (exact) mass is 266 g/mol. The van der Waals surface area contributed by atoms with E-state index in [1.807, 2.05) is 0 Å². The largest absolute Gasteiger partial charge is 0.484 e. The van der Waals surface area contributed by atoms with Crippen LogP contribution in [0.1, 0.15) is 25.3 Å². The molecule has 0 saturated heterocycles. The van der Waals surface area contributed by atoms with Crippen molar-refractivity contribution in [2.45, 2.75) is 19.8 Å². The minimum atomic E-state index is -0.109. The second kappa shape index (κ2) is 7.66. The number of amides is 1. The molecule has 0 saturated carbocycles. The van der Waals surface area contributed by atoms with Crippen LogP contribution in [-0.2, 0) is 4.79 Å². The lowest BCUT2D eigenvalue weighted by Crippen LogP contribution is -2.29.